The monoisotopic (exact) mass is 221 g/mol. The Labute approximate surface area is 98.8 Å². The molecule has 0 aromatic carbocycles. The third-order valence-corrected chi connectivity index (χ3v) is 4.02. The maximum Gasteiger partial charge on any atom is 0.0981 e. The molecule has 3 heteroatoms. The van der Waals surface area contributed by atoms with Crippen LogP contribution >= 0.6 is 0 Å². The first-order valence-corrected chi connectivity index (χ1v) is 6.74. The van der Waals surface area contributed by atoms with Gasteiger partial charge in [-0.25, -0.2) is 0 Å². The van der Waals surface area contributed by atoms with Gasteiger partial charge in [-0.15, -0.1) is 0 Å². The fourth-order valence-electron chi connectivity index (χ4n) is 3.02. The maximum absolute atomic E-state index is 9.30. The minimum atomic E-state index is 0.171. The second-order valence-electron chi connectivity index (χ2n) is 5.17. The van der Waals surface area contributed by atoms with Gasteiger partial charge < -0.3 is 5.32 Å². The molecule has 1 saturated heterocycles. The highest BCUT2D eigenvalue weighted by Crippen LogP contribution is 2.28. The van der Waals surface area contributed by atoms with Gasteiger partial charge in [0, 0.05) is 26.2 Å². The molecule has 0 aromatic rings. The van der Waals surface area contributed by atoms with Crippen LogP contribution < -0.4 is 5.32 Å². The zero-order valence-electron chi connectivity index (χ0n) is 10.1. The standard InChI is InChI=1S/C13H23N3/c14-11-13(16-8-6-15-7-9-16)10-12-4-2-1-3-5-12/h12-13,15H,1-10H2. The second kappa shape index (κ2) is 6.22. The highest BCUT2D eigenvalue weighted by atomic mass is 15.2. The number of hydrogen-bond acceptors (Lipinski definition) is 3. The minimum Gasteiger partial charge on any atom is -0.314 e. The van der Waals surface area contributed by atoms with E-state index in [9.17, 15) is 5.26 Å². The lowest BCUT2D eigenvalue weighted by molar-refractivity contribution is 0.171. The fourth-order valence-corrected chi connectivity index (χ4v) is 3.02. The number of hydrogen-bond donors (Lipinski definition) is 1. The molecule has 1 heterocycles. The van der Waals surface area contributed by atoms with Crippen LogP contribution in [0.1, 0.15) is 38.5 Å². The van der Waals surface area contributed by atoms with E-state index in [1.807, 2.05) is 0 Å². The van der Waals surface area contributed by atoms with Gasteiger partial charge in [-0.1, -0.05) is 32.1 Å². The molecule has 1 aliphatic heterocycles. The summed E-state index contributed by atoms with van der Waals surface area (Å²) in [6.45, 7) is 4.18. The molecule has 16 heavy (non-hydrogen) atoms. The molecule has 1 unspecified atom stereocenters. The highest BCUT2D eigenvalue weighted by molar-refractivity contribution is 4.94. The van der Waals surface area contributed by atoms with Crippen LogP contribution in [0.25, 0.3) is 0 Å². The first-order chi connectivity index (χ1) is 7.90. The van der Waals surface area contributed by atoms with Crippen molar-refractivity contribution in [1.29, 1.82) is 5.26 Å². The number of piperazine rings is 1. The third kappa shape index (κ3) is 3.20. The number of nitrogens with zero attached hydrogens (tertiary/aromatic N) is 2. The first-order valence-electron chi connectivity index (χ1n) is 6.74. The molecular weight excluding hydrogens is 198 g/mol. The van der Waals surface area contributed by atoms with Crippen molar-refractivity contribution in [2.75, 3.05) is 26.2 Å². The lowest BCUT2D eigenvalue weighted by Crippen LogP contribution is -2.48. The van der Waals surface area contributed by atoms with Crippen molar-refractivity contribution in [1.82, 2.24) is 10.2 Å². The summed E-state index contributed by atoms with van der Waals surface area (Å²) in [4.78, 5) is 2.37. The topological polar surface area (TPSA) is 39.1 Å². The number of rotatable bonds is 3. The van der Waals surface area contributed by atoms with Crippen molar-refractivity contribution in [2.24, 2.45) is 5.92 Å². The Morgan fingerprint density at radius 2 is 1.88 bits per heavy atom. The van der Waals surface area contributed by atoms with E-state index in [1.54, 1.807) is 0 Å². The van der Waals surface area contributed by atoms with E-state index in [1.165, 1.54) is 32.1 Å². The van der Waals surface area contributed by atoms with Crippen molar-refractivity contribution < 1.29 is 0 Å². The molecule has 2 fully saturated rings. The second-order valence-corrected chi connectivity index (χ2v) is 5.17. The zero-order chi connectivity index (χ0) is 11.2. The summed E-state index contributed by atoms with van der Waals surface area (Å²) in [6, 6.07) is 2.69. The van der Waals surface area contributed by atoms with Crippen molar-refractivity contribution >= 4 is 0 Å². The average Bonchev–Trinajstić information content (AvgIpc) is 2.38. The van der Waals surface area contributed by atoms with Crippen LogP contribution in [-0.4, -0.2) is 37.1 Å². The average molecular weight is 221 g/mol. The highest BCUT2D eigenvalue weighted by Gasteiger charge is 2.24. The van der Waals surface area contributed by atoms with Crippen molar-refractivity contribution in [3.05, 3.63) is 0 Å². The summed E-state index contributed by atoms with van der Waals surface area (Å²) in [5.41, 5.74) is 0. The normalized spacial score (nSPS) is 26.2. The van der Waals surface area contributed by atoms with E-state index >= 15 is 0 Å². The van der Waals surface area contributed by atoms with Crippen LogP contribution in [-0.2, 0) is 0 Å². The van der Waals surface area contributed by atoms with Crippen molar-refractivity contribution in [3.63, 3.8) is 0 Å². The van der Waals surface area contributed by atoms with Crippen molar-refractivity contribution in [2.45, 2.75) is 44.6 Å². The van der Waals surface area contributed by atoms with Crippen LogP contribution in [0.4, 0.5) is 0 Å². The Morgan fingerprint density at radius 1 is 1.19 bits per heavy atom. The largest absolute Gasteiger partial charge is 0.314 e. The van der Waals surface area contributed by atoms with Gasteiger partial charge in [0.05, 0.1) is 12.1 Å². The maximum atomic E-state index is 9.30. The van der Waals surface area contributed by atoms with Gasteiger partial charge in [-0.3, -0.25) is 4.90 Å². The molecule has 0 aromatic heterocycles. The van der Waals surface area contributed by atoms with Crippen LogP contribution in [0.2, 0.25) is 0 Å². The van der Waals surface area contributed by atoms with Crippen molar-refractivity contribution in [3.8, 4) is 6.07 Å². The Hall–Kier alpha value is -0.590. The Bertz CT molecular complexity index is 234. The Balaban J connectivity index is 1.81. The molecule has 2 rings (SSSR count). The van der Waals surface area contributed by atoms with Gasteiger partial charge in [0.2, 0.25) is 0 Å². The van der Waals surface area contributed by atoms with Crippen LogP contribution in [0.3, 0.4) is 0 Å². The predicted molar refractivity (Wildman–Crippen MR) is 65.0 cm³/mol. The van der Waals surface area contributed by atoms with E-state index in [0.717, 1.165) is 38.5 Å². The molecule has 0 bridgehead atoms. The van der Waals surface area contributed by atoms with Crippen LogP contribution in [0.15, 0.2) is 0 Å². The zero-order valence-corrected chi connectivity index (χ0v) is 10.1. The quantitative estimate of drug-likeness (QED) is 0.789. The van der Waals surface area contributed by atoms with Gasteiger partial charge in [-0.2, -0.15) is 5.26 Å². The summed E-state index contributed by atoms with van der Waals surface area (Å²) in [5.74, 6) is 0.813. The minimum absolute atomic E-state index is 0.171. The van der Waals surface area contributed by atoms with Crippen LogP contribution in [0.5, 0.6) is 0 Å². The molecular formula is C13H23N3. The Morgan fingerprint density at radius 3 is 2.50 bits per heavy atom. The summed E-state index contributed by atoms with van der Waals surface area (Å²) in [5, 5.41) is 12.6. The lowest BCUT2D eigenvalue weighted by atomic mass is 9.84. The first kappa shape index (κ1) is 11.9. The molecule has 1 N–H and O–H groups in total. The van der Waals surface area contributed by atoms with Gasteiger partial charge in [-0.05, 0) is 12.3 Å². The molecule has 1 atom stereocenters. The molecule has 2 aliphatic rings. The molecule has 0 radical (unpaired) electrons. The SMILES string of the molecule is N#CC(CC1CCCCC1)N1CCNCC1. The van der Waals surface area contributed by atoms with Crippen LogP contribution in [0, 0.1) is 17.2 Å². The van der Waals surface area contributed by atoms with Gasteiger partial charge in [0.25, 0.3) is 0 Å². The van der Waals surface area contributed by atoms with Gasteiger partial charge >= 0.3 is 0 Å². The molecule has 1 saturated carbocycles. The summed E-state index contributed by atoms with van der Waals surface area (Å²) in [6.07, 6.45) is 7.97. The lowest BCUT2D eigenvalue weighted by Gasteiger charge is -2.33. The third-order valence-electron chi connectivity index (χ3n) is 4.02. The van der Waals surface area contributed by atoms with E-state index in [4.69, 9.17) is 0 Å². The van der Waals surface area contributed by atoms with E-state index in [2.05, 4.69) is 16.3 Å². The molecule has 3 nitrogen and oxygen atoms in total. The Kier molecular flexibility index (Phi) is 4.62. The molecule has 90 valence electrons. The summed E-state index contributed by atoms with van der Waals surface area (Å²) < 4.78 is 0. The van der Waals surface area contributed by atoms with Gasteiger partial charge in [0.15, 0.2) is 0 Å². The summed E-state index contributed by atoms with van der Waals surface area (Å²) >= 11 is 0. The van der Waals surface area contributed by atoms with E-state index in [0.29, 0.717) is 0 Å². The molecule has 0 amide bonds. The smallest absolute Gasteiger partial charge is 0.0981 e. The molecule has 1 aliphatic carbocycles. The van der Waals surface area contributed by atoms with E-state index in [-0.39, 0.29) is 6.04 Å². The van der Waals surface area contributed by atoms with Gasteiger partial charge in [0.1, 0.15) is 0 Å². The fraction of sp³-hybridized carbons (Fsp3) is 0.923. The predicted octanol–water partition coefficient (Wildman–Crippen LogP) is 1.75. The van der Waals surface area contributed by atoms with E-state index < -0.39 is 0 Å². The molecule has 0 spiro atoms. The summed E-state index contributed by atoms with van der Waals surface area (Å²) in [7, 11) is 0. The number of nitriles is 1. The number of nitrogens with one attached hydrogen (secondary N) is 1.